The molecule has 0 radical (unpaired) electrons. The van der Waals surface area contributed by atoms with Crippen LogP contribution >= 0.6 is 12.4 Å². The Bertz CT molecular complexity index is 693. The largest absolute Gasteiger partial charge is 0.356 e. The molecule has 1 aromatic rings. The summed E-state index contributed by atoms with van der Waals surface area (Å²) in [4.78, 5) is 17.2. The van der Waals surface area contributed by atoms with Gasteiger partial charge in [-0.15, -0.1) is 12.4 Å². The van der Waals surface area contributed by atoms with Crippen LogP contribution in [0.4, 0.5) is 0 Å². The van der Waals surface area contributed by atoms with Crippen LogP contribution in [0.3, 0.4) is 0 Å². The maximum atomic E-state index is 12.8. The Balaban J connectivity index is 0.00000243. The summed E-state index contributed by atoms with van der Waals surface area (Å²) in [6.07, 6.45) is 5.22. The fourth-order valence-electron chi connectivity index (χ4n) is 3.59. The summed E-state index contributed by atoms with van der Waals surface area (Å²) in [5, 5.41) is 3.33. The number of aromatic amines is 1. The Kier molecular flexibility index (Phi) is 7.52. The highest BCUT2D eigenvalue weighted by Gasteiger charge is 2.31. The lowest BCUT2D eigenvalue weighted by atomic mass is 9.98. The quantitative estimate of drug-likeness (QED) is 0.755. The average Bonchev–Trinajstić information content (AvgIpc) is 3.31. The average molecular weight is 405 g/mol. The van der Waals surface area contributed by atoms with Gasteiger partial charge in [-0.3, -0.25) is 4.79 Å². The van der Waals surface area contributed by atoms with Gasteiger partial charge in [0.2, 0.25) is 10.0 Å². The van der Waals surface area contributed by atoms with Crippen LogP contribution in [-0.4, -0.2) is 67.8 Å². The number of amides is 1. The van der Waals surface area contributed by atoms with Crippen molar-refractivity contribution in [2.24, 2.45) is 5.92 Å². The number of nitrogens with zero attached hydrogens (tertiary/aromatic N) is 2. The molecule has 0 bridgehead atoms. The maximum absolute atomic E-state index is 12.8. The number of hydrogen-bond donors (Lipinski definition) is 2. The number of hydrogen-bond acceptors (Lipinski definition) is 4. The molecule has 2 aliphatic heterocycles. The molecule has 7 nitrogen and oxygen atoms in total. The van der Waals surface area contributed by atoms with E-state index < -0.39 is 10.0 Å². The van der Waals surface area contributed by atoms with Crippen LogP contribution < -0.4 is 5.32 Å². The second-order valence-corrected chi connectivity index (χ2v) is 8.84. The van der Waals surface area contributed by atoms with Crippen LogP contribution in [0.15, 0.2) is 17.2 Å². The van der Waals surface area contributed by atoms with Gasteiger partial charge in [0.15, 0.2) is 0 Å². The van der Waals surface area contributed by atoms with Crippen molar-refractivity contribution in [3.05, 3.63) is 18.0 Å². The van der Waals surface area contributed by atoms with Crippen molar-refractivity contribution in [3.8, 4) is 0 Å². The summed E-state index contributed by atoms with van der Waals surface area (Å²) < 4.78 is 27.2. The zero-order chi connectivity index (χ0) is 17.9. The van der Waals surface area contributed by atoms with Crippen molar-refractivity contribution in [2.75, 3.05) is 39.3 Å². The third-order valence-corrected chi connectivity index (χ3v) is 7.05. The van der Waals surface area contributed by atoms with Crippen LogP contribution in [-0.2, 0) is 10.0 Å². The van der Waals surface area contributed by atoms with E-state index in [4.69, 9.17) is 0 Å². The Labute approximate surface area is 162 Å². The molecule has 9 heteroatoms. The number of piperidine rings is 1. The first-order valence-corrected chi connectivity index (χ1v) is 10.6. The highest BCUT2D eigenvalue weighted by atomic mass is 35.5. The Morgan fingerprint density at radius 3 is 2.50 bits per heavy atom. The maximum Gasteiger partial charge on any atom is 0.270 e. The lowest BCUT2D eigenvalue weighted by molar-refractivity contribution is 0.0787. The normalized spacial score (nSPS) is 19.5. The molecule has 2 N–H and O–H groups in total. The van der Waals surface area contributed by atoms with Crippen LogP contribution in [0.25, 0.3) is 0 Å². The van der Waals surface area contributed by atoms with E-state index in [2.05, 4.69) is 17.2 Å². The Morgan fingerprint density at radius 1 is 1.23 bits per heavy atom. The highest BCUT2D eigenvalue weighted by Crippen LogP contribution is 2.24. The van der Waals surface area contributed by atoms with E-state index in [1.54, 1.807) is 9.21 Å². The van der Waals surface area contributed by atoms with E-state index in [-0.39, 0.29) is 23.2 Å². The molecule has 0 unspecified atom stereocenters. The van der Waals surface area contributed by atoms with Gasteiger partial charge in [0.05, 0.1) is 0 Å². The summed E-state index contributed by atoms with van der Waals surface area (Å²) in [6.45, 7) is 6.54. The summed E-state index contributed by atoms with van der Waals surface area (Å²) in [5.74, 6) is 0.424. The molecule has 26 heavy (non-hydrogen) atoms. The monoisotopic (exact) mass is 404 g/mol. The van der Waals surface area contributed by atoms with Gasteiger partial charge in [-0.1, -0.05) is 6.92 Å². The molecule has 1 amide bonds. The van der Waals surface area contributed by atoms with Crippen molar-refractivity contribution < 1.29 is 13.2 Å². The smallest absolute Gasteiger partial charge is 0.270 e. The topological polar surface area (TPSA) is 85.5 Å². The molecule has 2 aliphatic rings. The number of carbonyl (C=O) groups excluding carboxylic acids is 1. The first kappa shape index (κ1) is 21.2. The number of sulfonamides is 1. The highest BCUT2D eigenvalue weighted by molar-refractivity contribution is 7.89. The minimum atomic E-state index is -3.53. The lowest BCUT2D eigenvalue weighted by Crippen LogP contribution is -2.40. The standard InChI is InChI=1S/C17H28N4O3S.ClH/c1-2-18-12-14-5-9-21(10-6-14)25(23,24)15-11-16(19-13-15)17(22)20-7-3-4-8-20;/h11,13-14,18-19H,2-10,12H2,1H3;1H. The van der Waals surface area contributed by atoms with Crippen molar-refractivity contribution in [1.82, 2.24) is 19.5 Å². The molecule has 2 fully saturated rings. The number of likely N-dealkylation sites (tertiary alicyclic amines) is 1. The molecule has 0 atom stereocenters. The van der Waals surface area contributed by atoms with Gasteiger partial charge < -0.3 is 15.2 Å². The van der Waals surface area contributed by atoms with Gasteiger partial charge in [-0.25, -0.2) is 8.42 Å². The number of rotatable bonds is 6. The summed E-state index contributed by atoms with van der Waals surface area (Å²) >= 11 is 0. The first-order chi connectivity index (χ1) is 12.0. The molecule has 148 valence electrons. The lowest BCUT2D eigenvalue weighted by Gasteiger charge is -2.31. The Morgan fingerprint density at radius 2 is 1.88 bits per heavy atom. The molecule has 0 saturated carbocycles. The summed E-state index contributed by atoms with van der Waals surface area (Å²) in [6, 6.07) is 1.49. The van der Waals surface area contributed by atoms with Crippen molar-refractivity contribution in [3.63, 3.8) is 0 Å². The number of nitrogens with one attached hydrogen (secondary N) is 2. The first-order valence-electron chi connectivity index (χ1n) is 9.21. The molecule has 3 heterocycles. The van der Waals surface area contributed by atoms with Gasteiger partial charge in [0.25, 0.3) is 5.91 Å². The van der Waals surface area contributed by atoms with Crippen LogP contribution in [0.2, 0.25) is 0 Å². The van der Waals surface area contributed by atoms with Crippen LogP contribution in [0.5, 0.6) is 0 Å². The molecule has 0 spiro atoms. The number of halogens is 1. The zero-order valence-electron chi connectivity index (χ0n) is 15.2. The summed E-state index contributed by atoms with van der Waals surface area (Å²) in [5.41, 5.74) is 0.363. The van der Waals surface area contributed by atoms with Gasteiger partial charge in [0.1, 0.15) is 10.6 Å². The molecular formula is C17H29ClN4O3S. The molecule has 0 aliphatic carbocycles. The SMILES string of the molecule is CCNCC1CCN(S(=O)(=O)c2c[nH]c(C(=O)N3CCCC3)c2)CC1.Cl. The van der Waals surface area contributed by atoms with Gasteiger partial charge >= 0.3 is 0 Å². The van der Waals surface area contributed by atoms with E-state index in [1.165, 1.54) is 12.3 Å². The second kappa shape index (κ2) is 9.21. The van der Waals surface area contributed by atoms with Crippen molar-refractivity contribution in [1.29, 1.82) is 0 Å². The van der Waals surface area contributed by atoms with Crippen molar-refractivity contribution >= 4 is 28.3 Å². The summed E-state index contributed by atoms with van der Waals surface area (Å²) in [7, 11) is -3.53. The van der Waals surface area contributed by atoms with E-state index in [9.17, 15) is 13.2 Å². The van der Waals surface area contributed by atoms with E-state index in [0.29, 0.717) is 24.7 Å². The predicted molar refractivity (Wildman–Crippen MR) is 103 cm³/mol. The van der Waals surface area contributed by atoms with Gasteiger partial charge in [0, 0.05) is 32.4 Å². The minimum absolute atomic E-state index is 0. The number of aromatic nitrogens is 1. The molecule has 2 saturated heterocycles. The van der Waals surface area contributed by atoms with Gasteiger partial charge in [-0.05, 0) is 50.8 Å². The van der Waals surface area contributed by atoms with E-state index >= 15 is 0 Å². The number of carbonyl (C=O) groups is 1. The van der Waals surface area contributed by atoms with Gasteiger partial charge in [-0.2, -0.15) is 4.31 Å². The second-order valence-electron chi connectivity index (χ2n) is 6.90. The molecule has 1 aromatic heterocycles. The zero-order valence-corrected chi connectivity index (χ0v) is 16.9. The fourth-order valence-corrected chi connectivity index (χ4v) is 5.05. The molecule has 3 rings (SSSR count). The van der Waals surface area contributed by atoms with E-state index in [1.807, 2.05) is 0 Å². The van der Waals surface area contributed by atoms with Crippen LogP contribution in [0, 0.1) is 5.92 Å². The molecular weight excluding hydrogens is 376 g/mol. The van der Waals surface area contributed by atoms with E-state index in [0.717, 1.165) is 51.9 Å². The molecule has 0 aromatic carbocycles. The fraction of sp³-hybridized carbons (Fsp3) is 0.706. The minimum Gasteiger partial charge on any atom is -0.356 e. The third-order valence-electron chi connectivity index (χ3n) is 5.17. The Hall–Kier alpha value is -1.09. The van der Waals surface area contributed by atoms with Crippen molar-refractivity contribution in [2.45, 2.75) is 37.5 Å². The predicted octanol–water partition coefficient (Wildman–Crippen LogP) is 1.68. The third kappa shape index (κ3) is 4.60. The number of H-pyrrole nitrogens is 1. The van der Waals surface area contributed by atoms with Crippen LogP contribution in [0.1, 0.15) is 43.1 Å².